The summed E-state index contributed by atoms with van der Waals surface area (Å²) in [4.78, 5) is 22.1. The van der Waals surface area contributed by atoms with Crippen LogP contribution < -0.4 is 5.32 Å². The molecule has 2 heterocycles. The van der Waals surface area contributed by atoms with E-state index in [4.69, 9.17) is 23.2 Å². The SMILES string of the molecule is O=C(CCl)Nc1ccc(-c2nc(Cl)cc(C(F)(F)F)n2)nc1. The lowest BCUT2D eigenvalue weighted by atomic mass is 10.3. The summed E-state index contributed by atoms with van der Waals surface area (Å²) in [5, 5.41) is 2.09. The van der Waals surface area contributed by atoms with Gasteiger partial charge in [0.25, 0.3) is 0 Å². The van der Waals surface area contributed by atoms with Gasteiger partial charge < -0.3 is 5.32 Å². The number of hydrogen-bond acceptors (Lipinski definition) is 4. The van der Waals surface area contributed by atoms with Crippen LogP contribution in [0.1, 0.15) is 5.69 Å². The molecule has 5 nitrogen and oxygen atoms in total. The van der Waals surface area contributed by atoms with Crippen molar-refractivity contribution in [2.75, 3.05) is 11.2 Å². The van der Waals surface area contributed by atoms with E-state index in [-0.39, 0.29) is 22.6 Å². The molecule has 2 aromatic rings. The molecule has 0 aromatic carbocycles. The summed E-state index contributed by atoms with van der Waals surface area (Å²) in [6.07, 6.45) is -3.40. The first-order valence-electron chi connectivity index (χ1n) is 5.73. The molecule has 1 N–H and O–H groups in total. The van der Waals surface area contributed by atoms with Crippen LogP contribution in [-0.4, -0.2) is 26.7 Å². The quantitative estimate of drug-likeness (QED) is 0.680. The Morgan fingerprint density at radius 1 is 1.27 bits per heavy atom. The van der Waals surface area contributed by atoms with Crippen molar-refractivity contribution in [3.63, 3.8) is 0 Å². The molecule has 2 rings (SSSR count). The maximum Gasteiger partial charge on any atom is 0.433 e. The Morgan fingerprint density at radius 3 is 2.55 bits per heavy atom. The monoisotopic (exact) mass is 350 g/mol. The summed E-state index contributed by atoms with van der Waals surface area (Å²) in [5.41, 5.74) is -0.742. The number of alkyl halides is 4. The second kappa shape index (κ2) is 6.45. The van der Waals surface area contributed by atoms with Crippen molar-refractivity contribution < 1.29 is 18.0 Å². The summed E-state index contributed by atoms with van der Waals surface area (Å²) in [5.74, 6) is -0.932. The fourth-order valence-corrected chi connectivity index (χ4v) is 1.72. The van der Waals surface area contributed by atoms with E-state index in [0.29, 0.717) is 11.8 Å². The van der Waals surface area contributed by atoms with Crippen LogP contribution in [0.25, 0.3) is 11.5 Å². The molecule has 0 bridgehead atoms. The van der Waals surface area contributed by atoms with Gasteiger partial charge in [-0.05, 0) is 12.1 Å². The lowest BCUT2D eigenvalue weighted by Gasteiger charge is -2.08. The van der Waals surface area contributed by atoms with Crippen molar-refractivity contribution in [3.05, 3.63) is 35.2 Å². The van der Waals surface area contributed by atoms with Gasteiger partial charge in [-0.15, -0.1) is 11.6 Å². The molecular formula is C12H7Cl2F3N4O. The molecular weight excluding hydrogens is 344 g/mol. The highest BCUT2D eigenvalue weighted by Crippen LogP contribution is 2.30. The number of rotatable bonds is 3. The van der Waals surface area contributed by atoms with E-state index in [0.717, 1.165) is 0 Å². The van der Waals surface area contributed by atoms with Gasteiger partial charge in [0.05, 0.1) is 11.9 Å². The van der Waals surface area contributed by atoms with Crippen LogP contribution in [0, 0.1) is 0 Å². The van der Waals surface area contributed by atoms with Gasteiger partial charge in [-0.3, -0.25) is 9.78 Å². The Labute approximate surface area is 132 Å². The van der Waals surface area contributed by atoms with Gasteiger partial charge in [0.15, 0.2) is 5.82 Å². The first-order chi connectivity index (χ1) is 10.3. The Morgan fingerprint density at radius 2 is 2.00 bits per heavy atom. The molecule has 0 saturated carbocycles. The molecule has 0 radical (unpaired) electrons. The maximum absolute atomic E-state index is 12.7. The van der Waals surface area contributed by atoms with Crippen molar-refractivity contribution in [1.29, 1.82) is 0 Å². The smallest absolute Gasteiger partial charge is 0.324 e. The Hall–Kier alpha value is -1.93. The van der Waals surface area contributed by atoms with Gasteiger partial charge in [0, 0.05) is 6.07 Å². The number of carbonyl (C=O) groups is 1. The molecule has 0 fully saturated rings. The standard InChI is InChI=1S/C12H7Cl2F3N4O/c13-4-10(22)19-6-1-2-7(18-5-6)11-20-8(12(15,16)17)3-9(14)21-11/h1-3,5H,4H2,(H,19,22). The predicted octanol–water partition coefficient (Wildman–Crippen LogP) is 3.39. The van der Waals surface area contributed by atoms with Gasteiger partial charge in [-0.25, -0.2) is 9.97 Å². The average Bonchev–Trinajstić information content (AvgIpc) is 2.46. The minimum atomic E-state index is -4.64. The second-order valence-corrected chi connectivity index (χ2v) is 4.67. The molecule has 10 heteroatoms. The zero-order valence-corrected chi connectivity index (χ0v) is 12.2. The molecule has 1 amide bonds. The highest BCUT2D eigenvalue weighted by molar-refractivity contribution is 6.29. The molecule has 0 aliphatic heterocycles. The summed E-state index contributed by atoms with van der Waals surface area (Å²) in [6.45, 7) is 0. The Balaban J connectivity index is 2.32. The van der Waals surface area contributed by atoms with Crippen LogP contribution in [-0.2, 0) is 11.0 Å². The molecule has 0 aliphatic carbocycles. The largest absolute Gasteiger partial charge is 0.433 e. The van der Waals surface area contributed by atoms with Gasteiger partial charge >= 0.3 is 6.18 Å². The minimum Gasteiger partial charge on any atom is -0.324 e. The summed E-state index contributed by atoms with van der Waals surface area (Å²) >= 11 is 10.9. The number of nitrogens with zero attached hydrogens (tertiary/aromatic N) is 3. The van der Waals surface area contributed by atoms with Crippen molar-refractivity contribution in [2.24, 2.45) is 0 Å². The number of amides is 1. The van der Waals surface area contributed by atoms with Crippen molar-refractivity contribution in [2.45, 2.75) is 6.18 Å². The number of carbonyl (C=O) groups excluding carboxylic acids is 1. The van der Waals surface area contributed by atoms with Crippen molar-refractivity contribution in [1.82, 2.24) is 15.0 Å². The Kier molecular flexibility index (Phi) is 4.82. The van der Waals surface area contributed by atoms with E-state index in [9.17, 15) is 18.0 Å². The van der Waals surface area contributed by atoms with Crippen LogP contribution in [0.3, 0.4) is 0 Å². The lowest BCUT2D eigenvalue weighted by Crippen LogP contribution is -2.12. The molecule has 116 valence electrons. The number of anilines is 1. The number of aromatic nitrogens is 3. The topological polar surface area (TPSA) is 67.8 Å². The number of pyridine rings is 1. The van der Waals surface area contributed by atoms with Gasteiger partial charge in [-0.1, -0.05) is 11.6 Å². The molecule has 0 saturated heterocycles. The summed E-state index contributed by atoms with van der Waals surface area (Å²) in [6, 6.07) is 3.42. The molecule has 22 heavy (non-hydrogen) atoms. The van der Waals surface area contributed by atoms with Crippen LogP contribution in [0.5, 0.6) is 0 Å². The van der Waals surface area contributed by atoms with Crippen LogP contribution in [0.15, 0.2) is 24.4 Å². The average molecular weight is 351 g/mol. The summed E-state index contributed by atoms with van der Waals surface area (Å²) in [7, 11) is 0. The van der Waals surface area contributed by atoms with E-state index in [1.165, 1.54) is 18.3 Å². The highest BCUT2D eigenvalue weighted by Gasteiger charge is 2.33. The molecule has 0 atom stereocenters. The third-order valence-corrected chi connectivity index (χ3v) is 2.82. The third kappa shape index (κ3) is 4.05. The van der Waals surface area contributed by atoms with Gasteiger partial charge in [0.2, 0.25) is 5.91 Å². The number of nitrogens with one attached hydrogen (secondary N) is 1. The van der Waals surface area contributed by atoms with Gasteiger partial charge in [0.1, 0.15) is 22.4 Å². The van der Waals surface area contributed by atoms with E-state index in [1.54, 1.807) is 0 Å². The molecule has 0 unspecified atom stereocenters. The lowest BCUT2D eigenvalue weighted by molar-refractivity contribution is -0.141. The molecule has 0 aliphatic rings. The van der Waals surface area contributed by atoms with Crippen LogP contribution >= 0.6 is 23.2 Å². The predicted molar refractivity (Wildman–Crippen MR) is 74.6 cm³/mol. The fourth-order valence-electron chi connectivity index (χ4n) is 1.47. The van der Waals surface area contributed by atoms with E-state index in [1.807, 2.05) is 0 Å². The number of halogens is 5. The first-order valence-corrected chi connectivity index (χ1v) is 6.65. The second-order valence-electron chi connectivity index (χ2n) is 4.01. The molecule has 2 aromatic heterocycles. The van der Waals surface area contributed by atoms with E-state index in [2.05, 4.69) is 20.3 Å². The highest BCUT2D eigenvalue weighted by atomic mass is 35.5. The first kappa shape index (κ1) is 16.4. The molecule has 0 spiro atoms. The Bertz CT molecular complexity index is 692. The minimum absolute atomic E-state index is 0.0804. The van der Waals surface area contributed by atoms with Crippen LogP contribution in [0.4, 0.5) is 18.9 Å². The maximum atomic E-state index is 12.7. The zero-order valence-electron chi connectivity index (χ0n) is 10.7. The fraction of sp³-hybridized carbons (Fsp3) is 0.167. The van der Waals surface area contributed by atoms with E-state index >= 15 is 0 Å². The van der Waals surface area contributed by atoms with Gasteiger partial charge in [-0.2, -0.15) is 13.2 Å². The van der Waals surface area contributed by atoms with Crippen molar-refractivity contribution in [3.8, 4) is 11.5 Å². The van der Waals surface area contributed by atoms with Crippen LogP contribution in [0.2, 0.25) is 5.15 Å². The summed E-state index contributed by atoms with van der Waals surface area (Å²) < 4.78 is 38.0. The number of hydrogen-bond donors (Lipinski definition) is 1. The normalized spacial score (nSPS) is 11.3. The van der Waals surface area contributed by atoms with E-state index < -0.39 is 17.8 Å². The zero-order chi connectivity index (χ0) is 16.3. The van der Waals surface area contributed by atoms with Crippen molar-refractivity contribution >= 4 is 34.8 Å². The third-order valence-electron chi connectivity index (χ3n) is 2.38.